The van der Waals surface area contributed by atoms with E-state index in [-0.39, 0.29) is 33.3 Å². The minimum atomic E-state index is -3.96. The molecule has 1 aromatic heterocycles. The molecule has 14 nitrogen and oxygen atoms in total. The van der Waals surface area contributed by atoms with Crippen LogP contribution in [-0.4, -0.2) is 58.4 Å². The zero-order valence-corrected chi connectivity index (χ0v) is 31.8. The molecule has 0 spiro atoms. The summed E-state index contributed by atoms with van der Waals surface area (Å²) in [6.45, 7) is 3.30. The normalized spacial score (nSPS) is 12.2. The highest BCUT2D eigenvalue weighted by Gasteiger charge is 2.22. The molecule has 0 saturated heterocycles. The molecule has 6 rings (SSSR count). The smallest absolute Gasteiger partial charge is 0.263 e. The third-order valence-electron chi connectivity index (χ3n) is 7.62. The fourth-order valence-corrected chi connectivity index (χ4v) is 7.81. The van der Waals surface area contributed by atoms with Gasteiger partial charge >= 0.3 is 0 Å². The zero-order valence-electron chi connectivity index (χ0n) is 29.4. The number of nitrogen functional groups attached to an aromatic ring is 1. The minimum absolute atomic E-state index is 0.0308. The predicted octanol–water partition coefficient (Wildman–Crippen LogP) is 6.07. The Hall–Kier alpha value is -6.15. The fourth-order valence-electron chi connectivity index (χ4n) is 5.14. The molecule has 4 aromatic carbocycles. The molecule has 0 unspecified atom stereocenters. The number of Topliss-reactive ketones (excluding diaryl/α,β-unsaturated/α-hetero) is 1. The van der Waals surface area contributed by atoms with Crippen molar-refractivity contribution in [3.05, 3.63) is 119 Å². The van der Waals surface area contributed by atoms with E-state index in [1.165, 1.54) is 37.3 Å². The van der Waals surface area contributed by atoms with Gasteiger partial charge in [0.05, 0.1) is 38.6 Å². The molecule has 4 N–H and O–H groups in total. The average Bonchev–Trinajstić information content (AvgIpc) is 3.59. The van der Waals surface area contributed by atoms with E-state index in [1.807, 2.05) is 6.07 Å². The number of nitriles is 1. The Bertz CT molecular complexity index is 2540. The molecule has 2 heterocycles. The topological polar surface area (TPSA) is 207 Å². The Morgan fingerprint density at radius 1 is 0.926 bits per heavy atom. The molecule has 5 aromatic rings. The van der Waals surface area contributed by atoms with Crippen LogP contribution in [0.25, 0.3) is 16.7 Å². The first-order valence-electron chi connectivity index (χ1n) is 15.9. The van der Waals surface area contributed by atoms with Crippen LogP contribution in [0.2, 0.25) is 5.02 Å². The van der Waals surface area contributed by atoms with Gasteiger partial charge in [-0.2, -0.15) is 5.26 Å². The number of rotatable bonds is 10. The van der Waals surface area contributed by atoms with Gasteiger partial charge in [-0.1, -0.05) is 35.9 Å². The predicted molar refractivity (Wildman–Crippen MR) is 206 cm³/mol. The van der Waals surface area contributed by atoms with Gasteiger partial charge in [0.1, 0.15) is 4.90 Å². The third kappa shape index (κ3) is 9.44. The summed E-state index contributed by atoms with van der Waals surface area (Å²) in [4.78, 5) is 21.7. The number of carbonyl (C=O) groups excluding carboxylic acids is 1. The van der Waals surface area contributed by atoms with Crippen LogP contribution in [0.4, 0.5) is 17.3 Å². The number of aromatic nitrogens is 2. The van der Waals surface area contributed by atoms with Crippen LogP contribution in [-0.2, 0) is 24.8 Å². The van der Waals surface area contributed by atoms with Crippen molar-refractivity contribution in [2.75, 3.05) is 36.1 Å². The Kier molecular flexibility index (Phi) is 11.8. The Labute approximate surface area is 317 Å². The van der Waals surface area contributed by atoms with E-state index in [2.05, 4.69) is 19.4 Å². The van der Waals surface area contributed by atoms with Crippen molar-refractivity contribution < 1.29 is 31.1 Å². The second-order valence-corrected chi connectivity index (χ2v) is 15.7. The van der Waals surface area contributed by atoms with Gasteiger partial charge in [0.2, 0.25) is 12.7 Å². The monoisotopic (exact) mass is 787 g/mol. The number of halogens is 1. The maximum absolute atomic E-state index is 12.9. The summed E-state index contributed by atoms with van der Waals surface area (Å²) in [7, 11) is -4.25. The Morgan fingerprint density at radius 2 is 1.63 bits per heavy atom. The van der Waals surface area contributed by atoms with E-state index < -0.39 is 20.0 Å². The van der Waals surface area contributed by atoms with Crippen LogP contribution in [0, 0.1) is 18.3 Å². The SMILES string of the molecule is CC(=O)/C(=C/N(C)C)c1cccc(S(=O)(=O)Nc2cccc(C#N)c2)c1.Cc1nc(N)ncc1-c1ccc(Cl)c(S(=O)(=O)Nc2ccc3c(c2)OCO3)c1. The van der Waals surface area contributed by atoms with E-state index in [0.717, 1.165) is 0 Å². The highest BCUT2D eigenvalue weighted by molar-refractivity contribution is 7.93. The molecule has 1 aliphatic rings. The quantitative estimate of drug-likeness (QED) is 0.138. The van der Waals surface area contributed by atoms with Crippen molar-refractivity contribution in [1.29, 1.82) is 5.26 Å². The summed E-state index contributed by atoms with van der Waals surface area (Å²) < 4.78 is 66.6. The third-order valence-corrected chi connectivity index (χ3v) is 10.9. The van der Waals surface area contributed by atoms with Gasteiger partial charge < -0.3 is 20.1 Å². The van der Waals surface area contributed by atoms with Crippen molar-refractivity contribution in [1.82, 2.24) is 14.9 Å². The summed E-state index contributed by atoms with van der Waals surface area (Å²) >= 11 is 6.18. The number of hydrogen-bond acceptors (Lipinski definition) is 12. The molecule has 0 bridgehead atoms. The molecule has 0 atom stereocenters. The fraction of sp³-hybridized carbons (Fsp3) is 0.135. The molecule has 0 saturated carbocycles. The lowest BCUT2D eigenvalue weighted by atomic mass is 10.0. The first kappa shape index (κ1) is 39.1. The van der Waals surface area contributed by atoms with Gasteiger partial charge in [0.15, 0.2) is 17.3 Å². The molecule has 0 radical (unpaired) electrons. The average molecular weight is 788 g/mol. The molecule has 278 valence electrons. The number of ether oxygens (including phenoxy) is 2. The molecule has 1 aliphatic heterocycles. The Balaban J connectivity index is 0.000000208. The number of sulfonamides is 2. The summed E-state index contributed by atoms with van der Waals surface area (Å²) in [5.41, 5.74) is 9.38. The lowest BCUT2D eigenvalue weighted by Crippen LogP contribution is -2.13. The number of nitrogens with two attached hydrogens (primary N) is 1. The number of ketones is 1. The number of anilines is 3. The van der Waals surface area contributed by atoms with Crippen molar-refractivity contribution in [3.63, 3.8) is 0 Å². The minimum Gasteiger partial charge on any atom is -0.454 e. The van der Waals surface area contributed by atoms with Crippen LogP contribution in [0.3, 0.4) is 0 Å². The van der Waals surface area contributed by atoms with Crippen LogP contribution in [0.15, 0.2) is 107 Å². The first-order valence-corrected chi connectivity index (χ1v) is 19.2. The zero-order chi connectivity index (χ0) is 39.2. The van der Waals surface area contributed by atoms with Crippen LogP contribution in [0.1, 0.15) is 23.7 Å². The van der Waals surface area contributed by atoms with Crippen molar-refractivity contribution in [3.8, 4) is 28.7 Å². The van der Waals surface area contributed by atoms with Gasteiger partial charge in [-0.05, 0) is 79.6 Å². The van der Waals surface area contributed by atoms with Crippen molar-refractivity contribution in [2.45, 2.75) is 23.6 Å². The molecular weight excluding hydrogens is 754 g/mol. The van der Waals surface area contributed by atoms with E-state index in [1.54, 1.807) is 92.9 Å². The van der Waals surface area contributed by atoms with Crippen LogP contribution >= 0.6 is 11.6 Å². The lowest BCUT2D eigenvalue weighted by molar-refractivity contribution is -0.111. The van der Waals surface area contributed by atoms with Crippen LogP contribution in [0.5, 0.6) is 11.5 Å². The maximum atomic E-state index is 12.9. The highest BCUT2D eigenvalue weighted by atomic mass is 35.5. The van der Waals surface area contributed by atoms with E-state index in [0.29, 0.717) is 56.4 Å². The number of carbonyl (C=O) groups is 1. The van der Waals surface area contributed by atoms with Crippen LogP contribution < -0.4 is 24.7 Å². The molecule has 0 fully saturated rings. The molecular formula is C37H34ClN7O7S2. The standard InChI is InChI=1S/C19H19N3O3S.C18H15ClN4O4S/c1-14(23)19(13-22(2)3)16-7-5-9-18(11-16)26(24,25)21-17-8-4-6-15(10-17)12-20;1-10-13(8-21-18(20)22-10)11-2-4-14(19)17(6-11)28(24,25)23-12-3-5-15-16(7-12)27-9-26-15/h4-11,13,21H,1-3H3;2-8,23H,9H2,1H3,(H2,20,21,22)/b19-13-;. The first-order chi connectivity index (χ1) is 25.6. The number of benzene rings is 4. The number of aryl methyl sites for hydroxylation is 1. The maximum Gasteiger partial charge on any atom is 0.263 e. The molecule has 17 heteroatoms. The van der Waals surface area contributed by atoms with Gasteiger partial charge in [0.25, 0.3) is 20.0 Å². The van der Waals surface area contributed by atoms with E-state index in [4.69, 9.17) is 32.1 Å². The largest absolute Gasteiger partial charge is 0.454 e. The van der Waals surface area contributed by atoms with Gasteiger partial charge in [-0.3, -0.25) is 14.2 Å². The lowest BCUT2D eigenvalue weighted by Gasteiger charge is -2.12. The van der Waals surface area contributed by atoms with Gasteiger partial charge in [0, 0.05) is 43.7 Å². The van der Waals surface area contributed by atoms with Gasteiger partial charge in [-0.15, -0.1) is 0 Å². The summed E-state index contributed by atoms with van der Waals surface area (Å²) in [5, 5.41) is 9.02. The number of nitrogens with zero attached hydrogens (tertiary/aromatic N) is 4. The number of allylic oxidation sites excluding steroid dienone is 1. The van der Waals surface area contributed by atoms with Crippen molar-refractivity contribution >= 4 is 60.3 Å². The van der Waals surface area contributed by atoms with Gasteiger partial charge in [-0.25, -0.2) is 26.8 Å². The van der Waals surface area contributed by atoms with Crippen molar-refractivity contribution in [2.24, 2.45) is 0 Å². The van der Waals surface area contributed by atoms with E-state index in [9.17, 15) is 21.6 Å². The number of fused-ring (bicyclic) bond motifs is 1. The second kappa shape index (κ2) is 16.3. The summed E-state index contributed by atoms with van der Waals surface area (Å²) in [5.74, 6) is 1.01. The Morgan fingerprint density at radius 3 is 2.33 bits per heavy atom. The molecule has 0 amide bonds. The summed E-state index contributed by atoms with van der Waals surface area (Å²) in [6, 6.07) is 23.8. The molecule has 0 aliphatic carbocycles. The summed E-state index contributed by atoms with van der Waals surface area (Å²) in [6.07, 6.45) is 3.19. The highest BCUT2D eigenvalue weighted by Crippen LogP contribution is 2.36. The number of nitrogens with one attached hydrogen (secondary N) is 2. The second-order valence-electron chi connectivity index (χ2n) is 11.9. The molecule has 54 heavy (non-hydrogen) atoms. The van der Waals surface area contributed by atoms with E-state index >= 15 is 0 Å². The number of hydrogen-bond donors (Lipinski definition) is 3.